The van der Waals surface area contributed by atoms with Crippen molar-refractivity contribution in [1.82, 2.24) is 0 Å². The summed E-state index contributed by atoms with van der Waals surface area (Å²) in [7, 11) is 1.80. The molecule has 20 heavy (non-hydrogen) atoms. The third-order valence-corrected chi connectivity index (χ3v) is 6.59. The molecule has 0 amide bonds. The number of ether oxygens (including phenoxy) is 1. The first-order valence-corrected chi connectivity index (χ1v) is 9.56. The molecule has 2 rings (SSSR count). The minimum atomic E-state index is -0.0364. The summed E-state index contributed by atoms with van der Waals surface area (Å²) < 4.78 is 8.38. The second-order valence-corrected chi connectivity index (χ2v) is 8.86. The topological polar surface area (TPSA) is 9.23 Å². The zero-order valence-electron chi connectivity index (χ0n) is 12.2. The van der Waals surface area contributed by atoms with Crippen molar-refractivity contribution in [3.05, 3.63) is 44.6 Å². The van der Waals surface area contributed by atoms with E-state index in [2.05, 4.69) is 54.1 Å². The molecule has 4 heteroatoms. The lowest BCUT2D eigenvalue weighted by atomic mass is 9.82. The first-order chi connectivity index (χ1) is 9.54. The van der Waals surface area contributed by atoms with Crippen LogP contribution in [0.4, 0.5) is 0 Å². The average molecular weight is 373 g/mol. The Morgan fingerprint density at radius 3 is 2.50 bits per heavy atom. The van der Waals surface area contributed by atoms with E-state index in [-0.39, 0.29) is 11.5 Å². The van der Waals surface area contributed by atoms with E-state index in [0.29, 0.717) is 0 Å². The molecule has 0 bridgehead atoms. The Labute approximate surface area is 139 Å². The highest BCUT2D eigenvalue weighted by molar-refractivity contribution is 9.10. The summed E-state index contributed by atoms with van der Waals surface area (Å²) >= 11 is 7.59. The molecule has 1 aromatic carbocycles. The van der Waals surface area contributed by atoms with Crippen molar-refractivity contribution in [2.75, 3.05) is 18.6 Å². The van der Waals surface area contributed by atoms with Crippen LogP contribution in [0, 0.1) is 5.41 Å². The van der Waals surface area contributed by atoms with Gasteiger partial charge in [0.25, 0.3) is 0 Å². The van der Waals surface area contributed by atoms with Crippen LogP contribution in [-0.4, -0.2) is 18.6 Å². The maximum Gasteiger partial charge on any atom is 0.0917 e. The molecule has 1 unspecified atom stereocenters. The van der Waals surface area contributed by atoms with Gasteiger partial charge in [-0.15, -0.1) is 23.5 Å². The van der Waals surface area contributed by atoms with Gasteiger partial charge in [-0.1, -0.05) is 54.1 Å². The highest BCUT2D eigenvalue weighted by Gasteiger charge is 2.31. The van der Waals surface area contributed by atoms with Crippen molar-refractivity contribution in [3.8, 4) is 0 Å². The van der Waals surface area contributed by atoms with E-state index in [0.717, 1.165) is 4.47 Å². The molecule has 110 valence electrons. The number of thioether (sulfide) groups is 2. The molecule has 0 spiro atoms. The lowest BCUT2D eigenvalue weighted by Gasteiger charge is -2.32. The standard InChI is InChI=1S/C16H21BrOS2/c1-16(2,11-14-19-9-6-10-20-14)15(18-3)12-7-4-5-8-13(12)17/h4-5,7-8,11,15H,6,9-10H2,1-3H3. The van der Waals surface area contributed by atoms with Gasteiger partial charge in [0.15, 0.2) is 0 Å². The van der Waals surface area contributed by atoms with Gasteiger partial charge in [0.05, 0.1) is 6.10 Å². The molecule has 1 heterocycles. The van der Waals surface area contributed by atoms with Gasteiger partial charge in [-0.3, -0.25) is 0 Å². The molecule has 1 aliphatic rings. The number of methoxy groups -OCH3 is 1. The van der Waals surface area contributed by atoms with Crippen molar-refractivity contribution in [1.29, 1.82) is 0 Å². The first kappa shape index (κ1) is 16.5. The van der Waals surface area contributed by atoms with Gasteiger partial charge in [0, 0.05) is 21.2 Å². The smallest absolute Gasteiger partial charge is 0.0917 e. The zero-order valence-corrected chi connectivity index (χ0v) is 15.4. The molecule has 1 nitrogen and oxygen atoms in total. The van der Waals surface area contributed by atoms with Crippen molar-refractivity contribution in [3.63, 3.8) is 0 Å². The van der Waals surface area contributed by atoms with Gasteiger partial charge in [-0.2, -0.15) is 0 Å². The highest BCUT2D eigenvalue weighted by Crippen LogP contribution is 2.45. The molecule has 0 aromatic heterocycles. The average Bonchev–Trinajstić information content (AvgIpc) is 2.42. The summed E-state index contributed by atoms with van der Waals surface area (Å²) in [6, 6.07) is 8.33. The maximum absolute atomic E-state index is 5.83. The van der Waals surface area contributed by atoms with Crippen LogP contribution in [0.2, 0.25) is 0 Å². The van der Waals surface area contributed by atoms with Gasteiger partial charge in [-0.05, 0) is 29.6 Å². The monoisotopic (exact) mass is 372 g/mol. The van der Waals surface area contributed by atoms with E-state index < -0.39 is 0 Å². The van der Waals surface area contributed by atoms with Gasteiger partial charge in [0.1, 0.15) is 0 Å². The Bertz CT molecular complexity index is 477. The maximum atomic E-state index is 5.83. The summed E-state index contributed by atoms with van der Waals surface area (Å²) in [4.78, 5) is 0. The van der Waals surface area contributed by atoms with Crippen LogP contribution in [0.15, 0.2) is 39.1 Å². The lowest BCUT2D eigenvalue weighted by molar-refractivity contribution is 0.0296. The fraction of sp³-hybridized carbons (Fsp3) is 0.500. The summed E-state index contributed by atoms with van der Waals surface area (Å²) in [6.07, 6.45) is 3.74. The summed E-state index contributed by atoms with van der Waals surface area (Å²) in [5.74, 6) is 2.48. The minimum absolute atomic E-state index is 0.0364. The second-order valence-electron chi connectivity index (χ2n) is 5.47. The van der Waals surface area contributed by atoms with Gasteiger partial charge < -0.3 is 4.74 Å². The van der Waals surface area contributed by atoms with Crippen LogP contribution < -0.4 is 0 Å². The van der Waals surface area contributed by atoms with Crippen LogP contribution in [0.3, 0.4) is 0 Å². The highest BCUT2D eigenvalue weighted by atomic mass is 79.9. The lowest BCUT2D eigenvalue weighted by Crippen LogP contribution is -2.22. The summed E-state index contributed by atoms with van der Waals surface area (Å²) in [5, 5.41) is 0. The zero-order chi connectivity index (χ0) is 14.6. The van der Waals surface area contributed by atoms with E-state index in [1.807, 2.05) is 29.6 Å². The van der Waals surface area contributed by atoms with Gasteiger partial charge in [-0.25, -0.2) is 0 Å². The van der Waals surface area contributed by atoms with Crippen LogP contribution in [-0.2, 0) is 4.74 Å². The third-order valence-electron chi connectivity index (χ3n) is 3.37. The van der Waals surface area contributed by atoms with E-state index in [1.54, 1.807) is 7.11 Å². The van der Waals surface area contributed by atoms with Crippen LogP contribution in [0.5, 0.6) is 0 Å². The molecular weight excluding hydrogens is 352 g/mol. The summed E-state index contributed by atoms with van der Waals surface area (Å²) in [5.41, 5.74) is 1.17. The molecule has 1 aromatic rings. The normalized spacial score (nSPS) is 17.9. The Kier molecular flexibility index (Phi) is 6.09. The number of rotatable bonds is 4. The molecule has 1 saturated heterocycles. The molecule has 0 saturated carbocycles. The molecule has 0 radical (unpaired) electrons. The molecular formula is C16H21BrOS2. The van der Waals surface area contributed by atoms with Crippen molar-refractivity contribution < 1.29 is 4.74 Å². The number of benzene rings is 1. The molecule has 1 fully saturated rings. The quantitative estimate of drug-likeness (QED) is 0.653. The Balaban J connectivity index is 2.27. The predicted molar refractivity (Wildman–Crippen MR) is 95.3 cm³/mol. The fourth-order valence-corrected chi connectivity index (χ4v) is 5.69. The van der Waals surface area contributed by atoms with E-state index in [1.165, 1.54) is 27.7 Å². The molecule has 0 aliphatic carbocycles. The number of halogens is 1. The second kappa shape index (κ2) is 7.39. The van der Waals surface area contributed by atoms with E-state index in [9.17, 15) is 0 Å². The fourth-order valence-electron chi connectivity index (χ4n) is 2.43. The molecule has 1 atom stereocenters. The van der Waals surface area contributed by atoms with Crippen LogP contribution in [0.1, 0.15) is 31.9 Å². The van der Waals surface area contributed by atoms with Crippen molar-refractivity contribution in [2.45, 2.75) is 26.4 Å². The summed E-state index contributed by atoms with van der Waals surface area (Å²) in [6.45, 7) is 4.51. The Hall–Kier alpha value is 0.1000. The van der Waals surface area contributed by atoms with Gasteiger partial charge >= 0.3 is 0 Å². The SMILES string of the molecule is COC(c1ccccc1Br)C(C)(C)C=C1SCCCS1. The third kappa shape index (κ3) is 4.06. The van der Waals surface area contributed by atoms with Crippen molar-refractivity contribution in [2.24, 2.45) is 5.41 Å². The minimum Gasteiger partial charge on any atom is -0.376 e. The Morgan fingerprint density at radius 2 is 1.90 bits per heavy atom. The van der Waals surface area contributed by atoms with Crippen molar-refractivity contribution >= 4 is 39.5 Å². The largest absolute Gasteiger partial charge is 0.376 e. The van der Waals surface area contributed by atoms with E-state index in [4.69, 9.17) is 4.74 Å². The molecule has 1 aliphatic heterocycles. The van der Waals surface area contributed by atoms with Crippen LogP contribution >= 0.6 is 39.5 Å². The predicted octanol–water partition coefficient (Wildman–Crippen LogP) is 5.87. The first-order valence-electron chi connectivity index (χ1n) is 6.80. The molecule has 0 N–H and O–H groups in total. The van der Waals surface area contributed by atoms with Crippen LogP contribution in [0.25, 0.3) is 0 Å². The Morgan fingerprint density at radius 1 is 1.25 bits per heavy atom. The van der Waals surface area contributed by atoms with E-state index >= 15 is 0 Å². The number of hydrogen-bond acceptors (Lipinski definition) is 3. The number of hydrogen-bond donors (Lipinski definition) is 0. The van der Waals surface area contributed by atoms with Gasteiger partial charge in [0.2, 0.25) is 0 Å².